The maximum atomic E-state index is 12.4. The van der Waals surface area contributed by atoms with Crippen molar-refractivity contribution in [1.29, 1.82) is 0 Å². The summed E-state index contributed by atoms with van der Waals surface area (Å²) in [6.45, 7) is 9.54. The Balaban J connectivity index is 1.33. The zero-order chi connectivity index (χ0) is 19.5. The van der Waals surface area contributed by atoms with E-state index in [-0.39, 0.29) is 18.1 Å². The van der Waals surface area contributed by atoms with Crippen molar-refractivity contribution >= 4 is 11.9 Å². The van der Waals surface area contributed by atoms with Gasteiger partial charge in [-0.2, -0.15) is 0 Å². The molecule has 8 nitrogen and oxygen atoms in total. The molecule has 2 unspecified atom stereocenters. The molecular weight excluding hydrogens is 358 g/mol. The van der Waals surface area contributed by atoms with Crippen molar-refractivity contribution < 1.29 is 13.9 Å². The van der Waals surface area contributed by atoms with Gasteiger partial charge in [-0.15, -0.1) is 0 Å². The number of furan rings is 1. The van der Waals surface area contributed by atoms with Crippen LogP contribution in [0.25, 0.3) is 0 Å². The number of anilines is 1. The normalized spacial score (nSPS) is 23.8. The summed E-state index contributed by atoms with van der Waals surface area (Å²) in [7, 11) is 0. The smallest absolute Gasteiger partial charge is 0.289 e. The van der Waals surface area contributed by atoms with Crippen LogP contribution in [-0.2, 0) is 11.3 Å². The van der Waals surface area contributed by atoms with Gasteiger partial charge in [0.05, 0.1) is 24.2 Å². The predicted molar refractivity (Wildman–Crippen MR) is 104 cm³/mol. The molecule has 2 saturated heterocycles. The lowest BCUT2D eigenvalue weighted by molar-refractivity contribution is -0.00575. The summed E-state index contributed by atoms with van der Waals surface area (Å²) in [4.78, 5) is 28.0. The van der Waals surface area contributed by atoms with Crippen LogP contribution in [0.15, 0.2) is 35.1 Å². The lowest BCUT2D eigenvalue weighted by Gasteiger charge is -2.36. The Kier molecular flexibility index (Phi) is 5.59. The van der Waals surface area contributed by atoms with Crippen molar-refractivity contribution in [3.05, 3.63) is 42.1 Å². The third kappa shape index (κ3) is 4.34. The first-order valence-electron chi connectivity index (χ1n) is 9.86. The summed E-state index contributed by atoms with van der Waals surface area (Å²) in [5.74, 6) is 1.14. The second kappa shape index (κ2) is 8.28. The van der Waals surface area contributed by atoms with E-state index in [4.69, 9.17) is 14.1 Å². The topological polar surface area (TPSA) is 74.9 Å². The summed E-state index contributed by atoms with van der Waals surface area (Å²) in [6.07, 6.45) is 3.72. The van der Waals surface area contributed by atoms with E-state index < -0.39 is 0 Å². The van der Waals surface area contributed by atoms with Crippen molar-refractivity contribution in [3.8, 4) is 0 Å². The van der Waals surface area contributed by atoms with Crippen molar-refractivity contribution in [2.24, 2.45) is 0 Å². The van der Waals surface area contributed by atoms with E-state index in [9.17, 15) is 4.79 Å². The lowest BCUT2D eigenvalue weighted by atomic mass is 10.2. The quantitative estimate of drug-likeness (QED) is 0.792. The largest absolute Gasteiger partial charge is 0.459 e. The summed E-state index contributed by atoms with van der Waals surface area (Å²) in [5.41, 5.74) is 1.00. The molecule has 2 aliphatic heterocycles. The average molecular weight is 385 g/mol. The van der Waals surface area contributed by atoms with Crippen molar-refractivity contribution in [2.45, 2.75) is 32.6 Å². The zero-order valence-corrected chi connectivity index (χ0v) is 16.5. The number of nitrogens with zero attached hydrogens (tertiary/aromatic N) is 5. The molecule has 8 heteroatoms. The number of morpholine rings is 1. The summed E-state index contributed by atoms with van der Waals surface area (Å²) in [5, 5.41) is 0. The van der Waals surface area contributed by atoms with Gasteiger partial charge in [-0.05, 0) is 32.0 Å². The van der Waals surface area contributed by atoms with Gasteiger partial charge in [0.25, 0.3) is 5.91 Å². The van der Waals surface area contributed by atoms with Gasteiger partial charge in [-0.1, -0.05) is 0 Å². The van der Waals surface area contributed by atoms with Gasteiger partial charge >= 0.3 is 0 Å². The van der Waals surface area contributed by atoms with E-state index in [0.29, 0.717) is 18.8 Å². The first kappa shape index (κ1) is 18.9. The van der Waals surface area contributed by atoms with Crippen LogP contribution in [0.1, 0.15) is 30.1 Å². The molecule has 1 amide bonds. The van der Waals surface area contributed by atoms with Crippen LogP contribution >= 0.6 is 0 Å². The number of carbonyl (C=O) groups excluding carboxylic acids is 1. The summed E-state index contributed by atoms with van der Waals surface area (Å²) in [6, 6.07) is 5.42. The third-order valence-corrected chi connectivity index (χ3v) is 5.18. The van der Waals surface area contributed by atoms with E-state index in [1.54, 1.807) is 12.1 Å². The Bertz CT molecular complexity index is 779. The lowest BCUT2D eigenvalue weighted by Crippen LogP contribution is -2.48. The fourth-order valence-corrected chi connectivity index (χ4v) is 3.86. The predicted octanol–water partition coefficient (Wildman–Crippen LogP) is 1.64. The van der Waals surface area contributed by atoms with Crippen LogP contribution < -0.4 is 4.90 Å². The number of piperazine rings is 1. The van der Waals surface area contributed by atoms with Crippen molar-refractivity contribution in [1.82, 2.24) is 19.8 Å². The molecule has 2 aromatic heterocycles. The molecule has 0 bridgehead atoms. The first-order chi connectivity index (χ1) is 13.6. The molecule has 4 rings (SSSR count). The van der Waals surface area contributed by atoms with Crippen LogP contribution in [0.4, 0.5) is 5.95 Å². The van der Waals surface area contributed by atoms with E-state index in [1.165, 1.54) is 6.26 Å². The second-order valence-electron chi connectivity index (χ2n) is 7.56. The molecule has 28 heavy (non-hydrogen) atoms. The van der Waals surface area contributed by atoms with Gasteiger partial charge in [0.15, 0.2) is 5.76 Å². The fourth-order valence-electron chi connectivity index (χ4n) is 3.86. The number of carbonyl (C=O) groups is 1. The molecule has 0 aromatic carbocycles. The number of ether oxygens (including phenoxy) is 1. The molecule has 0 spiro atoms. The number of hydrogen-bond acceptors (Lipinski definition) is 7. The van der Waals surface area contributed by atoms with Gasteiger partial charge in [-0.25, -0.2) is 9.97 Å². The first-order valence-corrected chi connectivity index (χ1v) is 9.86. The highest BCUT2D eigenvalue weighted by Gasteiger charge is 2.26. The Labute approximate surface area is 165 Å². The molecule has 2 aliphatic rings. The second-order valence-corrected chi connectivity index (χ2v) is 7.56. The molecule has 2 fully saturated rings. The summed E-state index contributed by atoms with van der Waals surface area (Å²) < 4.78 is 11.0. The van der Waals surface area contributed by atoms with Crippen LogP contribution in [0.5, 0.6) is 0 Å². The molecule has 0 N–H and O–H groups in total. The van der Waals surface area contributed by atoms with Crippen molar-refractivity contribution in [2.75, 3.05) is 44.2 Å². The zero-order valence-electron chi connectivity index (χ0n) is 16.5. The van der Waals surface area contributed by atoms with Gasteiger partial charge in [0, 0.05) is 52.0 Å². The Hall–Kier alpha value is -2.45. The van der Waals surface area contributed by atoms with E-state index in [2.05, 4.69) is 28.6 Å². The maximum absolute atomic E-state index is 12.4. The SMILES string of the molecule is CC1CN(c2nccc(CN3CCN(C(=O)c4ccco4)CC3)n2)CC(C)O1. The Morgan fingerprint density at radius 1 is 1.14 bits per heavy atom. The highest BCUT2D eigenvalue weighted by Crippen LogP contribution is 2.17. The number of amides is 1. The molecular formula is C20H27N5O3. The Morgan fingerprint density at radius 2 is 1.89 bits per heavy atom. The minimum Gasteiger partial charge on any atom is -0.459 e. The standard InChI is InChI=1S/C20H27N5O3/c1-15-12-25(13-16(2)28-15)20-21-6-5-17(22-20)14-23-7-9-24(10-8-23)19(26)18-4-3-11-27-18/h3-6,11,15-16H,7-10,12-14H2,1-2H3. The van der Waals surface area contributed by atoms with Gasteiger partial charge in [0.1, 0.15) is 0 Å². The van der Waals surface area contributed by atoms with Crippen LogP contribution in [-0.4, -0.2) is 77.2 Å². The van der Waals surface area contributed by atoms with E-state index >= 15 is 0 Å². The molecule has 2 aromatic rings. The monoisotopic (exact) mass is 385 g/mol. The number of rotatable bonds is 4. The average Bonchev–Trinajstić information content (AvgIpc) is 3.22. The Morgan fingerprint density at radius 3 is 2.57 bits per heavy atom. The fraction of sp³-hybridized carbons (Fsp3) is 0.550. The van der Waals surface area contributed by atoms with Gasteiger partial charge in [0.2, 0.25) is 5.95 Å². The molecule has 4 heterocycles. The van der Waals surface area contributed by atoms with Crippen molar-refractivity contribution in [3.63, 3.8) is 0 Å². The van der Waals surface area contributed by atoms with Crippen LogP contribution in [0.2, 0.25) is 0 Å². The molecule has 2 atom stereocenters. The molecule has 0 aliphatic carbocycles. The molecule has 0 radical (unpaired) electrons. The van der Waals surface area contributed by atoms with Crippen LogP contribution in [0.3, 0.4) is 0 Å². The molecule has 150 valence electrons. The highest BCUT2D eigenvalue weighted by atomic mass is 16.5. The minimum absolute atomic E-state index is 0.0375. The van der Waals surface area contributed by atoms with E-state index in [1.807, 2.05) is 17.2 Å². The summed E-state index contributed by atoms with van der Waals surface area (Å²) >= 11 is 0. The highest BCUT2D eigenvalue weighted by molar-refractivity contribution is 5.91. The maximum Gasteiger partial charge on any atom is 0.289 e. The van der Waals surface area contributed by atoms with Crippen LogP contribution in [0, 0.1) is 0 Å². The third-order valence-electron chi connectivity index (χ3n) is 5.18. The molecule has 0 saturated carbocycles. The van der Waals surface area contributed by atoms with E-state index in [0.717, 1.165) is 44.4 Å². The number of hydrogen-bond donors (Lipinski definition) is 0. The van der Waals surface area contributed by atoms with Gasteiger partial charge < -0.3 is 19.0 Å². The van der Waals surface area contributed by atoms with Gasteiger partial charge in [-0.3, -0.25) is 9.69 Å². The minimum atomic E-state index is -0.0375. The number of aromatic nitrogens is 2.